The SMILES string of the molecule is O=CO[C@@H]1CC[C@H](n2cc(NC(=O)c3ccc(-c4cn[nH]c4)o3)c(-c3ccccn3)n2)C1. The summed E-state index contributed by atoms with van der Waals surface area (Å²) in [5.74, 6) is 0.308. The van der Waals surface area contributed by atoms with Crippen LogP contribution in [-0.4, -0.2) is 43.4 Å². The monoisotopic (exact) mass is 432 g/mol. The number of hydrogen-bond donors (Lipinski definition) is 2. The number of aromatic amines is 1. The van der Waals surface area contributed by atoms with Crippen LogP contribution >= 0.6 is 0 Å². The molecular formula is C22H20N6O4. The molecule has 0 unspecified atom stereocenters. The highest BCUT2D eigenvalue weighted by Gasteiger charge is 2.29. The van der Waals surface area contributed by atoms with Gasteiger partial charge >= 0.3 is 0 Å². The molecule has 1 aliphatic rings. The maximum atomic E-state index is 12.9. The summed E-state index contributed by atoms with van der Waals surface area (Å²) < 4.78 is 12.6. The number of aromatic nitrogens is 5. The maximum Gasteiger partial charge on any atom is 0.293 e. The molecule has 1 saturated carbocycles. The topological polar surface area (TPSA) is 128 Å². The van der Waals surface area contributed by atoms with E-state index in [0.29, 0.717) is 35.7 Å². The van der Waals surface area contributed by atoms with Gasteiger partial charge in [0.25, 0.3) is 12.4 Å². The van der Waals surface area contributed by atoms with Crippen molar-refractivity contribution in [1.82, 2.24) is 25.0 Å². The van der Waals surface area contributed by atoms with Gasteiger partial charge in [0.1, 0.15) is 17.6 Å². The number of nitrogens with one attached hydrogen (secondary N) is 2. The van der Waals surface area contributed by atoms with Gasteiger partial charge in [-0.05, 0) is 37.1 Å². The van der Waals surface area contributed by atoms with E-state index in [2.05, 4.69) is 20.5 Å². The fraction of sp³-hybridized carbons (Fsp3) is 0.227. The fourth-order valence-electron chi connectivity index (χ4n) is 3.91. The molecule has 5 rings (SSSR count). The summed E-state index contributed by atoms with van der Waals surface area (Å²) in [7, 11) is 0. The van der Waals surface area contributed by atoms with E-state index in [1.54, 1.807) is 36.9 Å². The van der Waals surface area contributed by atoms with E-state index in [1.165, 1.54) is 0 Å². The molecule has 0 radical (unpaired) electrons. The molecule has 4 heterocycles. The molecule has 1 aliphatic carbocycles. The third-order valence-corrected chi connectivity index (χ3v) is 5.48. The number of amides is 1. The van der Waals surface area contributed by atoms with E-state index in [-0.39, 0.29) is 17.9 Å². The number of ether oxygens (including phenoxy) is 1. The minimum Gasteiger partial charge on any atom is -0.465 e. The Morgan fingerprint density at radius 3 is 3.00 bits per heavy atom. The number of nitrogens with zero attached hydrogens (tertiary/aromatic N) is 4. The molecule has 0 saturated heterocycles. The number of hydrogen-bond acceptors (Lipinski definition) is 7. The van der Waals surface area contributed by atoms with Gasteiger partial charge < -0.3 is 14.5 Å². The molecule has 2 atom stereocenters. The summed E-state index contributed by atoms with van der Waals surface area (Å²) in [6, 6.07) is 8.90. The van der Waals surface area contributed by atoms with Crippen molar-refractivity contribution in [3.8, 4) is 22.7 Å². The molecular weight excluding hydrogens is 412 g/mol. The molecule has 4 aromatic rings. The molecule has 2 N–H and O–H groups in total. The molecule has 10 nitrogen and oxygen atoms in total. The number of rotatable bonds is 7. The first kappa shape index (κ1) is 19.7. The average Bonchev–Trinajstić information content (AvgIpc) is 3.61. The van der Waals surface area contributed by atoms with Gasteiger partial charge in [-0.2, -0.15) is 10.2 Å². The van der Waals surface area contributed by atoms with E-state index in [0.717, 1.165) is 18.4 Å². The Bertz CT molecular complexity index is 1210. The first-order valence-electron chi connectivity index (χ1n) is 10.2. The molecule has 0 bridgehead atoms. The molecule has 10 heteroatoms. The minimum atomic E-state index is -0.398. The summed E-state index contributed by atoms with van der Waals surface area (Å²) in [5, 5.41) is 14.2. The van der Waals surface area contributed by atoms with Gasteiger partial charge in [-0.3, -0.25) is 24.4 Å². The van der Waals surface area contributed by atoms with E-state index in [9.17, 15) is 9.59 Å². The van der Waals surface area contributed by atoms with Gasteiger partial charge in [-0.25, -0.2) is 0 Å². The predicted molar refractivity (Wildman–Crippen MR) is 114 cm³/mol. The Morgan fingerprint density at radius 2 is 2.22 bits per heavy atom. The second-order valence-corrected chi connectivity index (χ2v) is 7.51. The summed E-state index contributed by atoms with van der Waals surface area (Å²) in [6.45, 7) is 0.488. The van der Waals surface area contributed by atoms with Crippen LogP contribution < -0.4 is 5.32 Å². The number of pyridine rings is 1. The second kappa shape index (κ2) is 8.50. The Labute approximate surface area is 182 Å². The van der Waals surface area contributed by atoms with Crippen molar-refractivity contribution in [3.63, 3.8) is 0 Å². The van der Waals surface area contributed by atoms with Gasteiger partial charge in [0.05, 0.1) is 29.2 Å². The maximum absolute atomic E-state index is 12.9. The van der Waals surface area contributed by atoms with Crippen molar-refractivity contribution in [3.05, 3.63) is 60.9 Å². The predicted octanol–water partition coefficient (Wildman–Crippen LogP) is 3.45. The highest BCUT2D eigenvalue weighted by molar-refractivity contribution is 6.04. The Hall–Kier alpha value is -4.21. The number of carbonyl (C=O) groups is 2. The van der Waals surface area contributed by atoms with Crippen LogP contribution in [0.25, 0.3) is 22.7 Å². The lowest BCUT2D eigenvalue weighted by molar-refractivity contribution is -0.133. The van der Waals surface area contributed by atoms with Crippen LogP contribution in [-0.2, 0) is 9.53 Å². The van der Waals surface area contributed by atoms with Gasteiger partial charge in [-0.15, -0.1) is 0 Å². The lowest BCUT2D eigenvalue weighted by Crippen LogP contribution is -2.11. The normalized spacial score (nSPS) is 17.9. The smallest absolute Gasteiger partial charge is 0.293 e. The standard InChI is InChI=1S/C22H20N6O4/c29-13-31-16-5-4-15(9-16)28-12-18(21(27-28)17-3-1-2-8-23-17)26-22(30)20-7-6-19(32-20)14-10-24-25-11-14/h1-3,6-8,10-13,15-16H,4-5,9H2,(H,24,25)(H,26,30)/t15-,16+/m0/s1. The third kappa shape index (κ3) is 3.89. The van der Waals surface area contributed by atoms with E-state index in [4.69, 9.17) is 14.3 Å². The van der Waals surface area contributed by atoms with Crippen molar-refractivity contribution in [1.29, 1.82) is 0 Å². The largest absolute Gasteiger partial charge is 0.465 e. The summed E-state index contributed by atoms with van der Waals surface area (Å²) in [5.41, 5.74) is 2.47. The van der Waals surface area contributed by atoms with Crippen LogP contribution in [0.5, 0.6) is 0 Å². The van der Waals surface area contributed by atoms with Crippen LogP contribution in [0.2, 0.25) is 0 Å². The molecule has 1 amide bonds. The van der Waals surface area contributed by atoms with Gasteiger partial charge in [-0.1, -0.05) is 6.07 Å². The summed E-state index contributed by atoms with van der Waals surface area (Å²) >= 11 is 0. The molecule has 162 valence electrons. The zero-order chi connectivity index (χ0) is 21.9. The van der Waals surface area contributed by atoms with Crippen molar-refractivity contribution in [2.24, 2.45) is 0 Å². The van der Waals surface area contributed by atoms with E-state index in [1.807, 2.05) is 22.9 Å². The third-order valence-electron chi connectivity index (χ3n) is 5.48. The molecule has 0 spiro atoms. The number of carbonyl (C=O) groups excluding carboxylic acids is 2. The van der Waals surface area contributed by atoms with Crippen LogP contribution in [0, 0.1) is 0 Å². The highest BCUT2D eigenvalue weighted by Crippen LogP contribution is 2.34. The lowest BCUT2D eigenvalue weighted by Gasteiger charge is -2.10. The average molecular weight is 432 g/mol. The minimum absolute atomic E-state index is 0.0596. The Morgan fingerprint density at radius 1 is 1.28 bits per heavy atom. The van der Waals surface area contributed by atoms with Crippen molar-refractivity contribution < 1.29 is 18.7 Å². The second-order valence-electron chi connectivity index (χ2n) is 7.51. The van der Waals surface area contributed by atoms with Gasteiger partial charge in [0.15, 0.2) is 5.76 Å². The summed E-state index contributed by atoms with van der Waals surface area (Å²) in [6.07, 6.45) is 8.90. The fourth-order valence-corrected chi connectivity index (χ4v) is 3.91. The summed E-state index contributed by atoms with van der Waals surface area (Å²) in [4.78, 5) is 27.9. The lowest BCUT2D eigenvalue weighted by atomic mass is 10.2. The van der Waals surface area contributed by atoms with Crippen molar-refractivity contribution >= 4 is 18.1 Å². The van der Waals surface area contributed by atoms with Crippen LogP contribution in [0.4, 0.5) is 5.69 Å². The zero-order valence-corrected chi connectivity index (χ0v) is 17.0. The molecule has 32 heavy (non-hydrogen) atoms. The van der Waals surface area contributed by atoms with Crippen molar-refractivity contribution in [2.45, 2.75) is 31.4 Å². The first-order chi connectivity index (χ1) is 15.7. The molecule has 0 aromatic carbocycles. The number of H-pyrrole nitrogens is 1. The van der Waals surface area contributed by atoms with Crippen LogP contribution in [0.15, 0.2) is 59.5 Å². The quantitative estimate of drug-likeness (QED) is 0.428. The van der Waals surface area contributed by atoms with E-state index >= 15 is 0 Å². The van der Waals surface area contributed by atoms with Crippen LogP contribution in [0.1, 0.15) is 35.9 Å². The zero-order valence-electron chi connectivity index (χ0n) is 17.0. The first-order valence-corrected chi connectivity index (χ1v) is 10.2. The highest BCUT2D eigenvalue weighted by atomic mass is 16.5. The van der Waals surface area contributed by atoms with Gasteiger partial charge in [0.2, 0.25) is 0 Å². The van der Waals surface area contributed by atoms with E-state index < -0.39 is 5.91 Å². The molecule has 1 fully saturated rings. The number of anilines is 1. The Balaban J connectivity index is 1.41. The van der Waals surface area contributed by atoms with Crippen molar-refractivity contribution in [2.75, 3.05) is 5.32 Å². The Kier molecular flexibility index (Phi) is 5.24. The molecule has 4 aromatic heterocycles. The van der Waals surface area contributed by atoms with Gasteiger partial charge in [0, 0.05) is 25.0 Å². The number of furan rings is 1. The van der Waals surface area contributed by atoms with Crippen LogP contribution in [0.3, 0.4) is 0 Å². The molecule has 0 aliphatic heterocycles.